The van der Waals surface area contributed by atoms with Gasteiger partial charge >= 0.3 is 0 Å². The van der Waals surface area contributed by atoms with Crippen molar-refractivity contribution in [3.8, 4) is 17.0 Å². The molecule has 0 saturated carbocycles. The zero-order valence-electron chi connectivity index (χ0n) is 20.1. The van der Waals surface area contributed by atoms with Gasteiger partial charge in [-0.1, -0.05) is 6.92 Å². The molecule has 0 amide bonds. The van der Waals surface area contributed by atoms with Gasteiger partial charge in [0.05, 0.1) is 25.8 Å². The molecular weight excluding hydrogens is 436 g/mol. The molecule has 0 aromatic carbocycles. The Labute approximate surface area is 199 Å². The van der Waals surface area contributed by atoms with Crippen LogP contribution in [0.1, 0.15) is 26.7 Å². The Morgan fingerprint density at radius 3 is 2.68 bits per heavy atom. The highest BCUT2D eigenvalue weighted by Crippen LogP contribution is 2.23. The fourth-order valence-corrected chi connectivity index (χ4v) is 3.40. The zero-order valence-corrected chi connectivity index (χ0v) is 20.1. The summed E-state index contributed by atoms with van der Waals surface area (Å²) in [4.78, 5) is 26.6. The quantitative estimate of drug-likeness (QED) is 0.304. The second-order valence-electron chi connectivity index (χ2n) is 8.00. The standard InChI is InChI=1S/C24H34N6O4/c1-4-11-34-12-10-30-20-13-19(18-6-7-21(33-3)27-14-18)15-28-22(20)29-23(24(30)32)26-9-5-8-25-17(2)16-31/h6-7,13-15,17,25,31H,4-5,8-12,16H2,1-3H3,(H,26,28,29)/t17-/m1/s1. The molecule has 0 aliphatic rings. The lowest BCUT2D eigenvalue weighted by Crippen LogP contribution is -2.31. The number of nitrogens with one attached hydrogen (secondary N) is 2. The molecule has 3 N–H and O–H groups in total. The van der Waals surface area contributed by atoms with Crippen LogP contribution in [0.3, 0.4) is 0 Å². The lowest BCUT2D eigenvalue weighted by molar-refractivity contribution is 0.127. The first kappa shape index (κ1) is 25.5. The van der Waals surface area contributed by atoms with Gasteiger partial charge in [-0.2, -0.15) is 0 Å². The van der Waals surface area contributed by atoms with Gasteiger partial charge in [-0.25, -0.2) is 15.0 Å². The first-order valence-electron chi connectivity index (χ1n) is 11.6. The molecule has 10 heteroatoms. The lowest BCUT2D eigenvalue weighted by Gasteiger charge is -2.14. The molecule has 3 aromatic rings. The summed E-state index contributed by atoms with van der Waals surface area (Å²) in [6.45, 7) is 6.80. The van der Waals surface area contributed by atoms with Gasteiger partial charge in [0.15, 0.2) is 11.5 Å². The van der Waals surface area contributed by atoms with Gasteiger partial charge < -0.3 is 25.2 Å². The van der Waals surface area contributed by atoms with Crippen LogP contribution in [-0.2, 0) is 11.3 Å². The van der Waals surface area contributed by atoms with Crippen molar-refractivity contribution < 1.29 is 14.6 Å². The molecule has 0 unspecified atom stereocenters. The number of fused-ring (bicyclic) bond motifs is 1. The predicted molar refractivity (Wildman–Crippen MR) is 132 cm³/mol. The van der Waals surface area contributed by atoms with Crippen molar-refractivity contribution in [2.45, 2.75) is 39.3 Å². The molecule has 0 fully saturated rings. The summed E-state index contributed by atoms with van der Waals surface area (Å²) in [5, 5.41) is 15.5. The highest BCUT2D eigenvalue weighted by Gasteiger charge is 2.13. The number of hydrogen-bond acceptors (Lipinski definition) is 9. The first-order chi connectivity index (χ1) is 16.6. The van der Waals surface area contributed by atoms with E-state index in [1.165, 1.54) is 0 Å². The summed E-state index contributed by atoms with van der Waals surface area (Å²) in [5.74, 6) is 0.797. The van der Waals surface area contributed by atoms with Crippen molar-refractivity contribution in [1.82, 2.24) is 24.8 Å². The molecule has 184 valence electrons. The van der Waals surface area contributed by atoms with Gasteiger partial charge in [0, 0.05) is 55.3 Å². The predicted octanol–water partition coefficient (Wildman–Crippen LogP) is 2.06. The number of hydrogen-bond donors (Lipinski definition) is 3. The third-order valence-electron chi connectivity index (χ3n) is 5.30. The van der Waals surface area contributed by atoms with E-state index in [9.17, 15) is 4.79 Å². The Balaban J connectivity index is 1.86. The number of aliphatic hydroxyl groups is 1. The molecule has 0 spiro atoms. The molecular formula is C24H34N6O4. The molecule has 3 aromatic heterocycles. The van der Waals surface area contributed by atoms with Crippen molar-refractivity contribution in [3.05, 3.63) is 40.9 Å². The number of nitrogens with zero attached hydrogens (tertiary/aromatic N) is 4. The van der Waals surface area contributed by atoms with E-state index in [-0.39, 0.29) is 24.0 Å². The summed E-state index contributed by atoms with van der Waals surface area (Å²) in [6.07, 6.45) is 5.13. The minimum atomic E-state index is -0.212. The number of aliphatic hydroxyl groups excluding tert-OH is 1. The third kappa shape index (κ3) is 6.72. The number of anilines is 1. The first-order valence-corrected chi connectivity index (χ1v) is 11.6. The molecule has 0 aliphatic heterocycles. The van der Waals surface area contributed by atoms with Crippen LogP contribution >= 0.6 is 0 Å². The van der Waals surface area contributed by atoms with Crippen molar-refractivity contribution in [2.75, 3.05) is 45.3 Å². The number of rotatable bonds is 14. The van der Waals surface area contributed by atoms with Crippen LogP contribution in [0.25, 0.3) is 22.3 Å². The minimum Gasteiger partial charge on any atom is -0.481 e. The van der Waals surface area contributed by atoms with Gasteiger partial charge in [0.25, 0.3) is 5.56 Å². The topological polar surface area (TPSA) is 123 Å². The zero-order chi connectivity index (χ0) is 24.3. The van der Waals surface area contributed by atoms with E-state index in [0.717, 1.165) is 30.5 Å². The third-order valence-corrected chi connectivity index (χ3v) is 5.30. The van der Waals surface area contributed by atoms with Gasteiger partial charge in [0.2, 0.25) is 5.88 Å². The summed E-state index contributed by atoms with van der Waals surface area (Å²) in [5.41, 5.74) is 2.61. The van der Waals surface area contributed by atoms with Crippen molar-refractivity contribution >= 4 is 17.0 Å². The molecule has 0 bridgehead atoms. The van der Waals surface area contributed by atoms with Gasteiger partial charge in [-0.15, -0.1) is 0 Å². The normalized spacial score (nSPS) is 12.1. The lowest BCUT2D eigenvalue weighted by atomic mass is 10.1. The number of ether oxygens (including phenoxy) is 2. The van der Waals surface area contributed by atoms with Crippen LogP contribution in [0, 0.1) is 0 Å². The van der Waals surface area contributed by atoms with Crippen molar-refractivity contribution in [3.63, 3.8) is 0 Å². The fraction of sp³-hybridized carbons (Fsp3) is 0.500. The van der Waals surface area contributed by atoms with E-state index in [0.29, 0.717) is 43.3 Å². The van der Waals surface area contributed by atoms with E-state index in [4.69, 9.17) is 14.6 Å². The van der Waals surface area contributed by atoms with E-state index in [1.54, 1.807) is 30.1 Å². The average Bonchev–Trinajstić information content (AvgIpc) is 2.87. The minimum absolute atomic E-state index is 0.0402. The van der Waals surface area contributed by atoms with E-state index in [2.05, 4.69) is 25.6 Å². The van der Waals surface area contributed by atoms with Crippen LogP contribution < -0.4 is 20.9 Å². The Morgan fingerprint density at radius 1 is 1.15 bits per heavy atom. The van der Waals surface area contributed by atoms with Crippen LogP contribution in [0.4, 0.5) is 5.82 Å². The maximum Gasteiger partial charge on any atom is 0.293 e. The molecule has 0 radical (unpaired) electrons. The maximum absolute atomic E-state index is 13.3. The Bertz CT molecular complexity index is 1100. The molecule has 10 nitrogen and oxygen atoms in total. The number of pyridine rings is 2. The summed E-state index contributed by atoms with van der Waals surface area (Å²) >= 11 is 0. The molecule has 0 aliphatic carbocycles. The largest absolute Gasteiger partial charge is 0.481 e. The molecule has 3 heterocycles. The Kier molecular flexibility index (Phi) is 9.75. The highest BCUT2D eigenvalue weighted by atomic mass is 16.5. The van der Waals surface area contributed by atoms with Gasteiger partial charge in [-0.3, -0.25) is 9.36 Å². The highest BCUT2D eigenvalue weighted by molar-refractivity contribution is 5.78. The second kappa shape index (κ2) is 13.0. The molecule has 34 heavy (non-hydrogen) atoms. The van der Waals surface area contributed by atoms with Crippen LogP contribution in [0.2, 0.25) is 0 Å². The van der Waals surface area contributed by atoms with Gasteiger partial charge in [0.1, 0.15) is 0 Å². The molecule has 1 atom stereocenters. The SMILES string of the molecule is CCCOCCn1c(=O)c(NCCCN[C@H](C)CO)nc2ncc(-c3ccc(OC)nc3)cc21. The summed E-state index contributed by atoms with van der Waals surface area (Å²) in [7, 11) is 1.57. The van der Waals surface area contributed by atoms with E-state index >= 15 is 0 Å². The molecule has 3 rings (SSSR count). The van der Waals surface area contributed by atoms with Crippen LogP contribution in [0.15, 0.2) is 35.4 Å². The van der Waals surface area contributed by atoms with Crippen LogP contribution in [0.5, 0.6) is 5.88 Å². The number of methoxy groups -OCH3 is 1. The number of aromatic nitrogens is 4. The Morgan fingerprint density at radius 2 is 1.97 bits per heavy atom. The molecule has 0 saturated heterocycles. The van der Waals surface area contributed by atoms with Crippen molar-refractivity contribution in [1.29, 1.82) is 0 Å². The fourth-order valence-electron chi connectivity index (χ4n) is 3.40. The summed E-state index contributed by atoms with van der Waals surface area (Å²) in [6, 6.07) is 5.63. The smallest absolute Gasteiger partial charge is 0.293 e. The van der Waals surface area contributed by atoms with E-state index in [1.807, 2.05) is 26.0 Å². The average molecular weight is 471 g/mol. The van der Waals surface area contributed by atoms with Crippen LogP contribution in [-0.4, -0.2) is 70.7 Å². The second-order valence-corrected chi connectivity index (χ2v) is 8.00. The summed E-state index contributed by atoms with van der Waals surface area (Å²) < 4.78 is 12.4. The van der Waals surface area contributed by atoms with Crippen molar-refractivity contribution in [2.24, 2.45) is 0 Å². The van der Waals surface area contributed by atoms with Gasteiger partial charge in [-0.05, 0) is 38.4 Å². The van der Waals surface area contributed by atoms with E-state index < -0.39 is 0 Å². The monoisotopic (exact) mass is 470 g/mol. The Hall–Kier alpha value is -3.08. The maximum atomic E-state index is 13.3.